The van der Waals surface area contributed by atoms with E-state index < -0.39 is 0 Å². The van der Waals surface area contributed by atoms with E-state index in [1.807, 2.05) is 80.6 Å². The molecule has 27 heavy (non-hydrogen) atoms. The van der Waals surface area contributed by atoms with Crippen molar-refractivity contribution in [3.8, 4) is 11.3 Å². The van der Waals surface area contributed by atoms with Crippen molar-refractivity contribution in [3.63, 3.8) is 0 Å². The van der Waals surface area contributed by atoms with Crippen LogP contribution in [0, 0.1) is 13.8 Å². The number of anilines is 1. The molecule has 0 aliphatic carbocycles. The number of fused-ring (bicyclic) bond motifs is 1. The van der Waals surface area contributed by atoms with Gasteiger partial charge < -0.3 is 5.32 Å². The Kier molecular flexibility index (Phi) is 4.38. The van der Waals surface area contributed by atoms with Crippen molar-refractivity contribution in [2.45, 2.75) is 13.8 Å². The summed E-state index contributed by atoms with van der Waals surface area (Å²) in [4.78, 5) is 22.2. The number of amides is 1. The monoisotopic (exact) mass is 353 g/mol. The van der Waals surface area contributed by atoms with E-state index in [1.165, 1.54) is 0 Å². The summed E-state index contributed by atoms with van der Waals surface area (Å²) >= 11 is 0. The minimum Gasteiger partial charge on any atom is -0.307 e. The van der Waals surface area contributed by atoms with Crippen molar-refractivity contribution in [2.75, 3.05) is 5.32 Å². The van der Waals surface area contributed by atoms with Gasteiger partial charge in [0, 0.05) is 17.1 Å². The molecule has 0 radical (unpaired) electrons. The van der Waals surface area contributed by atoms with E-state index in [1.54, 1.807) is 6.20 Å². The molecule has 0 atom stereocenters. The Hall–Kier alpha value is -3.53. The number of benzene rings is 2. The van der Waals surface area contributed by atoms with Crippen LogP contribution < -0.4 is 5.32 Å². The maximum Gasteiger partial charge on any atom is 0.257 e. The van der Waals surface area contributed by atoms with Crippen LogP contribution in [0.5, 0.6) is 0 Å². The molecule has 0 aliphatic heterocycles. The Morgan fingerprint density at radius 2 is 1.67 bits per heavy atom. The normalized spacial score (nSPS) is 10.7. The fourth-order valence-electron chi connectivity index (χ4n) is 3.26. The molecule has 0 fully saturated rings. The summed E-state index contributed by atoms with van der Waals surface area (Å²) in [5, 5.41) is 3.77. The molecule has 4 rings (SSSR count). The number of para-hydroxylation sites is 1. The predicted molar refractivity (Wildman–Crippen MR) is 109 cm³/mol. The van der Waals surface area contributed by atoms with Crippen LogP contribution in [0.2, 0.25) is 0 Å². The number of aryl methyl sites for hydroxylation is 1. The van der Waals surface area contributed by atoms with Crippen LogP contribution >= 0.6 is 0 Å². The van der Waals surface area contributed by atoms with Gasteiger partial charge in [-0.2, -0.15) is 0 Å². The van der Waals surface area contributed by atoms with Crippen LogP contribution in [0.1, 0.15) is 21.5 Å². The summed E-state index contributed by atoms with van der Waals surface area (Å²) in [5.74, 6) is 0.364. The summed E-state index contributed by atoms with van der Waals surface area (Å²) in [6, 6.07) is 21.4. The molecular weight excluding hydrogens is 334 g/mol. The van der Waals surface area contributed by atoms with E-state index in [9.17, 15) is 4.79 Å². The number of aromatic nitrogens is 2. The van der Waals surface area contributed by atoms with Gasteiger partial charge in [0.2, 0.25) is 0 Å². The van der Waals surface area contributed by atoms with Crippen LogP contribution in [0.15, 0.2) is 72.9 Å². The van der Waals surface area contributed by atoms with E-state index in [-0.39, 0.29) is 5.91 Å². The number of carbonyl (C=O) groups excluding carboxylic acids is 1. The van der Waals surface area contributed by atoms with Gasteiger partial charge in [-0.1, -0.05) is 48.5 Å². The number of hydrogen-bond acceptors (Lipinski definition) is 3. The van der Waals surface area contributed by atoms with Gasteiger partial charge in [-0.25, -0.2) is 9.97 Å². The summed E-state index contributed by atoms with van der Waals surface area (Å²) < 4.78 is 0. The van der Waals surface area contributed by atoms with Crippen LogP contribution in [-0.2, 0) is 0 Å². The fourth-order valence-corrected chi connectivity index (χ4v) is 3.26. The third kappa shape index (κ3) is 3.29. The average Bonchev–Trinajstić information content (AvgIpc) is 2.68. The maximum absolute atomic E-state index is 13.2. The topological polar surface area (TPSA) is 54.9 Å². The molecule has 0 unspecified atom stereocenters. The first-order chi connectivity index (χ1) is 13.1. The molecule has 4 aromatic rings. The van der Waals surface area contributed by atoms with Gasteiger partial charge in [-0.3, -0.25) is 4.79 Å². The molecule has 2 heterocycles. The Bertz CT molecular complexity index is 1140. The molecule has 0 spiro atoms. The Balaban J connectivity index is 1.88. The Morgan fingerprint density at radius 3 is 2.44 bits per heavy atom. The maximum atomic E-state index is 13.2. The third-order valence-corrected chi connectivity index (χ3v) is 4.57. The van der Waals surface area contributed by atoms with E-state index in [2.05, 4.69) is 10.3 Å². The lowest BCUT2D eigenvalue weighted by molar-refractivity contribution is 0.102. The molecule has 0 saturated heterocycles. The summed E-state index contributed by atoms with van der Waals surface area (Å²) in [5.41, 5.74) is 5.12. The van der Waals surface area contributed by atoms with Gasteiger partial charge in [0.15, 0.2) is 0 Å². The average molecular weight is 353 g/mol. The Labute approximate surface area is 157 Å². The predicted octanol–water partition coefficient (Wildman–Crippen LogP) is 5.17. The van der Waals surface area contributed by atoms with Crippen LogP contribution in [0.25, 0.3) is 22.2 Å². The highest BCUT2D eigenvalue weighted by molar-refractivity contribution is 6.14. The molecule has 4 heteroatoms. The highest BCUT2D eigenvalue weighted by Crippen LogP contribution is 2.30. The lowest BCUT2D eigenvalue weighted by Gasteiger charge is -2.14. The first-order valence-electron chi connectivity index (χ1n) is 8.82. The van der Waals surface area contributed by atoms with E-state index in [0.717, 1.165) is 33.3 Å². The smallest absolute Gasteiger partial charge is 0.257 e. The largest absolute Gasteiger partial charge is 0.307 e. The fraction of sp³-hybridized carbons (Fsp3) is 0.0870. The SMILES string of the molecule is Cc1ccnc(NC(=O)c2c(C)c(-c3ccccc3)nc3ccccc23)c1. The molecule has 132 valence electrons. The number of carbonyl (C=O) groups is 1. The first kappa shape index (κ1) is 16.9. The third-order valence-electron chi connectivity index (χ3n) is 4.57. The minimum absolute atomic E-state index is 0.179. The molecule has 0 bridgehead atoms. The summed E-state index contributed by atoms with van der Waals surface area (Å²) in [6.45, 7) is 3.91. The van der Waals surface area contributed by atoms with Gasteiger partial charge in [0.05, 0.1) is 16.8 Å². The standard InChI is InChI=1S/C23H19N3O/c1-15-12-13-24-20(14-15)26-23(27)21-16(2)22(17-8-4-3-5-9-17)25-19-11-7-6-10-18(19)21/h3-14H,1-2H3,(H,24,26,27). The van der Waals surface area contributed by atoms with Crippen LogP contribution in [0.3, 0.4) is 0 Å². The lowest BCUT2D eigenvalue weighted by Crippen LogP contribution is -2.16. The first-order valence-corrected chi connectivity index (χ1v) is 8.82. The number of hydrogen-bond donors (Lipinski definition) is 1. The zero-order valence-electron chi connectivity index (χ0n) is 15.2. The molecule has 1 N–H and O–H groups in total. The zero-order chi connectivity index (χ0) is 18.8. The second-order valence-electron chi connectivity index (χ2n) is 6.52. The van der Waals surface area contributed by atoms with Crippen molar-refractivity contribution >= 4 is 22.6 Å². The van der Waals surface area contributed by atoms with Gasteiger partial charge in [-0.05, 0) is 43.2 Å². The van der Waals surface area contributed by atoms with Crippen molar-refractivity contribution in [2.24, 2.45) is 0 Å². The molecule has 2 aromatic heterocycles. The second-order valence-corrected chi connectivity index (χ2v) is 6.52. The number of rotatable bonds is 3. The second kappa shape index (κ2) is 7.00. The minimum atomic E-state index is -0.179. The van der Waals surface area contributed by atoms with Crippen LogP contribution in [0.4, 0.5) is 5.82 Å². The quantitative estimate of drug-likeness (QED) is 0.553. The molecule has 0 saturated carbocycles. The van der Waals surface area contributed by atoms with E-state index >= 15 is 0 Å². The lowest BCUT2D eigenvalue weighted by atomic mass is 9.97. The van der Waals surface area contributed by atoms with Gasteiger partial charge >= 0.3 is 0 Å². The van der Waals surface area contributed by atoms with Gasteiger partial charge in [-0.15, -0.1) is 0 Å². The van der Waals surface area contributed by atoms with Gasteiger partial charge in [0.1, 0.15) is 5.82 Å². The van der Waals surface area contributed by atoms with Crippen molar-refractivity contribution in [1.82, 2.24) is 9.97 Å². The van der Waals surface area contributed by atoms with Crippen LogP contribution in [-0.4, -0.2) is 15.9 Å². The summed E-state index contributed by atoms with van der Waals surface area (Å²) in [7, 11) is 0. The zero-order valence-corrected chi connectivity index (χ0v) is 15.2. The molecule has 0 aliphatic rings. The summed E-state index contributed by atoms with van der Waals surface area (Å²) in [6.07, 6.45) is 1.69. The molecule has 2 aromatic carbocycles. The van der Waals surface area contributed by atoms with E-state index in [4.69, 9.17) is 4.98 Å². The molecule has 4 nitrogen and oxygen atoms in total. The van der Waals surface area contributed by atoms with Gasteiger partial charge in [0.25, 0.3) is 5.91 Å². The van der Waals surface area contributed by atoms with Crippen molar-refractivity contribution < 1.29 is 4.79 Å². The highest BCUT2D eigenvalue weighted by atomic mass is 16.1. The molecule has 1 amide bonds. The number of nitrogens with zero attached hydrogens (tertiary/aromatic N) is 2. The number of pyridine rings is 2. The molecular formula is C23H19N3O. The van der Waals surface area contributed by atoms with Crippen molar-refractivity contribution in [3.05, 3.63) is 89.6 Å². The van der Waals surface area contributed by atoms with E-state index in [0.29, 0.717) is 11.4 Å². The Morgan fingerprint density at radius 1 is 0.926 bits per heavy atom. The van der Waals surface area contributed by atoms with Crippen molar-refractivity contribution in [1.29, 1.82) is 0 Å². The highest BCUT2D eigenvalue weighted by Gasteiger charge is 2.19. The number of nitrogens with one attached hydrogen (secondary N) is 1.